The summed E-state index contributed by atoms with van der Waals surface area (Å²) < 4.78 is 47.2. The fourth-order valence-electron chi connectivity index (χ4n) is 1.05. The SMILES string of the molecule is CCOC(=O)/C(NC(=O)OC(C)(C)C)=C(/C)C(F)(F)F. The van der Waals surface area contributed by atoms with Gasteiger partial charge >= 0.3 is 18.2 Å². The minimum absolute atomic E-state index is 0.122. The lowest BCUT2D eigenvalue weighted by molar-refractivity contribution is -0.140. The highest BCUT2D eigenvalue weighted by Crippen LogP contribution is 2.27. The number of amides is 1. The topological polar surface area (TPSA) is 64.6 Å². The molecule has 0 heterocycles. The summed E-state index contributed by atoms with van der Waals surface area (Å²) in [4.78, 5) is 22.9. The molecule has 0 aliphatic carbocycles. The number of alkyl carbamates (subject to hydrolysis) is 1. The lowest BCUT2D eigenvalue weighted by Gasteiger charge is -2.21. The van der Waals surface area contributed by atoms with Gasteiger partial charge in [0, 0.05) is 0 Å². The van der Waals surface area contributed by atoms with E-state index in [1.165, 1.54) is 27.7 Å². The average molecular weight is 297 g/mol. The Morgan fingerprint density at radius 1 is 1.15 bits per heavy atom. The number of carbonyl (C=O) groups excluding carboxylic acids is 2. The second-order valence-corrected chi connectivity index (χ2v) is 4.85. The minimum atomic E-state index is -4.77. The van der Waals surface area contributed by atoms with Crippen molar-refractivity contribution < 1.29 is 32.2 Å². The van der Waals surface area contributed by atoms with Crippen LogP contribution < -0.4 is 5.32 Å². The number of hydrogen-bond acceptors (Lipinski definition) is 4. The molecule has 8 heteroatoms. The molecule has 116 valence electrons. The lowest BCUT2D eigenvalue weighted by Crippen LogP contribution is -2.36. The lowest BCUT2D eigenvalue weighted by atomic mass is 10.2. The molecule has 0 rings (SSSR count). The zero-order valence-corrected chi connectivity index (χ0v) is 12.0. The number of carbonyl (C=O) groups is 2. The van der Waals surface area contributed by atoms with Crippen molar-refractivity contribution in [2.45, 2.75) is 46.4 Å². The van der Waals surface area contributed by atoms with Crippen molar-refractivity contribution in [2.75, 3.05) is 6.61 Å². The first-order valence-electron chi connectivity index (χ1n) is 5.83. The van der Waals surface area contributed by atoms with E-state index < -0.39 is 35.1 Å². The maximum absolute atomic E-state index is 12.6. The van der Waals surface area contributed by atoms with Crippen LogP contribution in [0.4, 0.5) is 18.0 Å². The van der Waals surface area contributed by atoms with Gasteiger partial charge in [0.1, 0.15) is 11.3 Å². The maximum atomic E-state index is 12.6. The predicted octanol–water partition coefficient (Wildman–Crippen LogP) is 2.91. The summed E-state index contributed by atoms with van der Waals surface area (Å²) in [6.45, 7) is 6.60. The number of alkyl halides is 3. The highest BCUT2D eigenvalue weighted by molar-refractivity contribution is 5.93. The molecule has 0 bridgehead atoms. The molecule has 0 saturated carbocycles. The highest BCUT2D eigenvalue weighted by Gasteiger charge is 2.36. The van der Waals surface area contributed by atoms with Gasteiger partial charge in [0.2, 0.25) is 0 Å². The van der Waals surface area contributed by atoms with Crippen LogP contribution in [0.15, 0.2) is 11.3 Å². The first-order chi connectivity index (χ1) is 8.88. The van der Waals surface area contributed by atoms with Crippen molar-refractivity contribution in [1.82, 2.24) is 5.32 Å². The molecule has 1 amide bonds. The fourth-order valence-corrected chi connectivity index (χ4v) is 1.05. The Bertz CT molecular complexity index is 408. The van der Waals surface area contributed by atoms with E-state index in [-0.39, 0.29) is 6.61 Å². The molecule has 0 aliphatic heterocycles. The molecule has 0 spiro atoms. The Balaban J connectivity index is 5.28. The third kappa shape index (κ3) is 6.44. The molecule has 0 aromatic carbocycles. The number of rotatable bonds is 3. The summed E-state index contributed by atoms with van der Waals surface area (Å²) in [7, 11) is 0. The van der Waals surface area contributed by atoms with Crippen LogP contribution in [-0.4, -0.2) is 30.4 Å². The molecule has 0 saturated heterocycles. The van der Waals surface area contributed by atoms with Gasteiger partial charge < -0.3 is 9.47 Å². The van der Waals surface area contributed by atoms with Crippen LogP contribution in [0.25, 0.3) is 0 Å². The van der Waals surface area contributed by atoms with Crippen molar-refractivity contribution in [3.63, 3.8) is 0 Å². The number of allylic oxidation sites excluding steroid dienone is 1. The quantitative estimate of drug-likeness (QED) is 0.642. The van der Waals surface area contributed by atoms with Crippen molar-refractivity contribution in [1.29, 1.82) is 0 Å². The largest absolute Gasteiger partial charge is 0.461 e. The van der Waals surface area contributed by atoms with Crippen LogP contribution in [0.2, 0.25) is 0 Å². The van der Waals surface area contributed by atoms with Gasteiger partial charge in [-0.2, -0.15) is 13.2 Å². The average Bonchev–Trinajstić information content (AvgIpc) is 2.21. The van der Waals surface area contributed by atoms with Crippen molar-refractivity contribution in [3.8, 4) is 0 Å². The van der Waals surface area contributed by atoms with E-state index in [4.69, 9.17) is 4.74 Å². The van der Waals surface area contributed by atoms with Crippen LogP contribution in [0.1, 0.15) is 34.6 Å². The van der Waals surface area contributed by atoms with Gasteiger partial charge in [0.05, 0.1) is 12.2 Å². The van der Waals surface area contributed by atoms with E-state index in [1.54, 1.807) is 5.32 Å². The number of ether oxygens (including phenoxy) is 2. The third-order valence-electron chi connectivity index (χ3n) is 1.91. The molecule has 0 fully saturated rings. The van der Waals surface area contributed by atoms with Gasteiger partial charge in [-0.15, -0.1) is 0 Å². The van der Waals surface area contributed by atoms with Crippen LogP contribution in [0.5, 0.6) is 0 Å². The molecule has 20 heavy (non-hydrogen) atoms. The monoisotopic (exact) mass is 297 g/mol. The van der Waals surface area contributed by atoms with Crippen LogP contribution >= 0.6 is 0 Å². The van der Waals surface area contributed by atoms with Gasteiger partial charge in [0.15, 0.2) is 0 Å². The summed E-state index contributed by atoms with van der Waals surface area (Å²) in [6.07, 6.45) is -5.93. The molecule has 0 unspecified atom stereocenters. The van der Waals surface area contributed by atoms with Gasteiger partial charge in [-0.1, -0.05) is 0 Å². The van der Waals surface area contributed by atoms with Gasteiger partial charge in [0.25, 0.3) is 0 Å². The second-order valence-electron chi connectivity index (χ2n) is 4.85. The van der Waals surface area contributed by atoms with Crippen LogP contribution in [-0.2, 0) is 14.3 Å². The van der Waals surface area contributed by atoms with Crippen molar-refractivity contribution in [3.05, 3.63) is 11.3 Å². The number of halogens is 3. The van der Waals surface area contributed by atoms with E-state index in [0.717, 1.165) is 0 Å². The van der Waals surface area contributed by atoms with E-state index >= 15 is 0 Å². The molecule has 0 atom stereocenters. The Labute approximate surface area is 115 Å². The van der Waals surface area contributed by atoms with E-state index in [9.17, 15) is 22.8 Å². The van der Waals surface area contributed by atoms with Crippen molar-refractivity contribution in [2.24, 2.45) is 0 Å². The standard InChI is InChI=1S/C12H18F3NO4/c1-6-19-9(17)8(7(2)12(13,14)15)16-10(18)20-11(3,4)5/h6H2,1-5H3,(H,16,18)/b8-7+. The predicted molar refractivity (Wildman–Crippen MR) is 64.8 cm³/mol. The van der Waals surface area contributed by atoms with Crippen molar-refractivity contribution >= 4 is 12.1 Å². The third-order valence-corrected chi connectivity index (χ3v) is 1.91. The molecule has 0 aromatic rings. The normalized spacial score (nSPS) is 13.4. The Hall–Kier alpha value is -1.73. The smallest absolute Gasteiger partial charge is 0.414 e. The summed E-state index contributed by atoms with van der Waals surface area (Å²) in [5, 5.41) is 1.79. The van der Waals surface area contributed by atoms with E-state index in [0.29, 0.717) is 6.92 Å². The number of hydrogen-bond donors (Lipinski definition) is 1. The Morgan fingerprint density at radius 3 is 2.00 bits per heavy atom. The summed E-state index contributed by atoms with van der Waals surface area (Å²) >= 11 is 0. The Morgan fingerprint density at radius 2 is 1.65 bits per heavy atom. The van der Waals surface area contributed by atoms with Gasteiger partial charge in [-0.3, -0.25) is 5.32 Å². The molecular weight excluding hydrogens is 279 g/mol. The summed E-state index contributed by atoms with van der Waals surface area (Å²) in [5.74, 6) is -1.27. The Kier molecular flexibility index (Phi) is 6.05. The maximum Gasteiger partial charge on any atom is 0.414 e. The minimum Gasteiger partial charge on any atom is -0.461 e. The van der Waals surface area contributed by atoms with Gasteiger partial charge in [-0.25, -0.2) is 9.59 Å². The molecule has 1 N–H and O–H groups in total. The zero-order chi connectivity index (χ0) is 16.1. The zero-order valence-electron chi connectivity index (χ0n) is 12.0. The molecule has 0 aliphatic rings. The fraction of sp³-hybridized carbons (Fsp3) is 0.667. The first kappa shape index (κ1) is 18.3. The molecule has 0 aromatic heterocycles. The summed E-state index contributed by atoms with van der Waals surface area (Å²) in [5.41, 5.74) is -3.15. The highest BCUT2D eigenvalue weighted by atomic mass is 19.4. The number of nitrogens with one attached hydrogen (secondary N) is 1. The summed E-state index contributed by atoms with van der Waals surface area (Å²) in [6, 6.07) is 0. The first-order valence-corrected chi connectivity index (χ1v) is 5.83. The van der Waals surface area contributed by atoms with E-state index in [2.05, 4.69) is 4.74 Å². The van der Waals surface area contributed by atoms with E-state index in [1.807, 2.05) is 0 Å². The molecular formula is C12H18F3NO4. The second kappa shape index (κ2) is 6.62. The molecule has 5 nitrogen and oxygen atoms in total. The molecule has 0 radical (unpaired) electrons. The number of esters is 1. The van der Waals surface area contributed by atoms with Crippen LogP contribution in [0.3, 0.4) is 0 Å². The van der Waals surface area contributed by atoms with Gasteiger partial charge in [-0.05, 0) is 34.6 Å². The van der Waals surface area contributed by atoms with Crippen LogP contribution in [0, 0.1) is 0 Å².